The summed E-state index contributed by atoms with van der Waals surface area (Å²) < 4.78 is 32.3. The van der Waals surface area contributed by atoms with Gasteiger partial charge in [0.05, 0.1) is 11.0 Å². The van der Waals surface area contributed by atoms with Gasteiger partial charge < -0.3 is 10.5 Å². The number of nitro groups is 1. The molecule has 2 rings (SSSR count). The maximum Gasteiger partial charge on any atom is 0.307 e. The molecule has 0 aliphatic carbocycles. The molecule has 5 nitrogen and oxygen atoms in total. The van der Waals surface area contributed by atoms with Gasteiger partial charge in [-0.15, -0.1) is 0 Å². The summed E-state index contributed by atoms with van der Waals surface area (Å²) in [6.45, 7) is 0.222. The van der Waals surface area contributed by atoms with E-state index in [1.54, 1.807) is 6.07 Å². The summed E-state index contributed by atoms with van der Waals surface area (Å²) >= 11 is 5.92. The molecule has 0 saturated carbocycles. The Balaban J connectivity index is 2.34. The quantitative estimate of drug-likeness (QED) is 0.688. The largest absolute Gasteiger partial charge is 0.454 e. The van der Waals surface area contributed by atoms with Gasteiger partial charge in [0.2, 0.25) is 5.82 Å². The number of nitro benzene ring substituents is 1. The third-order valence-electron chi connectivity index (χ3n) is 2.67. The molecule has 21 heavy (non-hydrogen) atoms. The second-order valence-electron chi connectivity index (χ2n) is 4.05. The van der Waals surface area contributed by atoms with Crippen molar-refractivity contribution in [3.63, 3.8) is 0 Å². The van der Waals surface area contributed by atoms with Crippen molar-refractivity contribution in [1.82, 2.24) is 0 Å². The summed E-state index contributed by atoms with van der Waals surface area (Å²) in [6.07, 6.45) is 0. The molecule has 110 valence electrons. The minimum Gasteiger partial charge on any atom is -0.454 e. The van der Waals surface area contributed by atoms with Crippen molar-refractivity contribution in [3.8, 4) is 11.5 Å². The summed E-state index contributed by atoms with van der Waals surface area (Å²) in [5, 5.41) is 10.8. The molecule has 0 unspecified atom stereocenters. The molecular formula is C13H9ClF2N2O3. The minimum atomic E-state index is -1.19. The highest BCUT2D eigenvalue weighted by molar-refractivity contribution is 6.31. The normalized spacial score (nSPS) is 10.5. The summed E-state index contributed by atoms with van der Waals surface area (Å²) in [6, 6.07) is 5.52. The fourth-order valence-electron chi connectivity index (χ4n) is 1.62. The standard InChI is InChI=1S/C13H9ClF2N2O3/c14-9-3-8(2-1-7(9)6-17)21-13-5-10(15)12(18(19)20)4-11(13)16/h1-5H,6,17H2. The lowest BCUT2D eigenvalue weighted by Crippen LogP contribution is -1.98. The van der Waals surface area contributed by atoms with Gasteiger partial charge in [-0.1, -0.05) is 17.7 Å². The summed E-state index contributed by atoms with van der Waals surface area (Å²) in [5.74, 6) is -2.57. The predicted octanol–water partition coefficient (Wildman–Crippen LogP) is 3.78. The topological polar surface area (TPSA) is 78.4 Å². The second-order valence-corrected chi connectivity index (χ2v) is 4.46. The number of nitrogens with two attached hydrogens (primary N) is 1. The summed E-state index contributed by atoms with van der Waals surface area (Å²) in [4.78, 5) is 9.47. The number of benzene rings is 2. The average molecular weight is 315 g/mol. The molecule has 0 radical (unpaired) electrons. The smallest absolute Gasteiger partial charge is 0.307 e. The molecule has 0 amide bonds. The first-order chi connectivity index (χ1) is 9.92. The van der Waals surface area contributed by atoms with Crippen LogP contribution in [0.4, 0.5) is 14.5 Å². The Morgan fingerprint density at radius 1 is 1.24 bits per heavy atom. The molecule has 0 fully saturated rings. The van der Waals surface area contributed by atoms with E-state index in [0.717, 1.165) is 0 Å². The molecule has 2 aromatic carbocycles. The Bertz CT molecular complexity index is 710. The van der Waals surface area contributed by atoms with E-state index >= 15 is 0 Å². The number of ether oxygens (including phenoxy) is 1. The van der Waals surface area contributed by atoms with Gasteiger partial charge in [-0.25, -0.2) is 4.39 Å². The maximum atomic E-state index is 13.7. The van der Waals surface area contributed by atoms with E-state index < -0.39 is 28.0 Å². The van der Waals surface area contributed by atoms with E-state index in [-0.39, 0.29) is 12.3 Å². The fraction of sp³-hybridized carbons (Fsp3) is 0.0769. The average Bonchev–Trinajstić information content (AvgIpc) is 2.42. The Hall–Kier alpha value is -2.25. The highest BCUT2D eigenvalue weighted by atomic mass is 35.5. The molecule has 8 heteroatoms. The van der Waals surface area contributed by atoms with E-state index in [0.29, 0.717) is 22.7 Å². The Morgan fingerprint density at radius 2 is 1.95 bits per heavy atom. The van der Waals surface area contributed by atoms with E-state index in [9.17, 15) is 18.9 Å². The van der Waals surface area contributed by atoms with Crippen LogP contribution in [-0.4, -0.2) is 4.92 Å². The van der Waals surface area contributed by atoms with Crippen LogP contribution in [0.1, 0.15) is 5.56 Å². The zero-order chi connectivity index (χ0) is 15.6. The molecule has 0 aliphatic heterocycles. The lowest BCUT2D eigenvalue weighted by molar-refractivity contribution is -0.387. The molecule has 0 aliphatic rings. The molecule has 0 saturated heterocycles. The van der Waals surface area contributed by atoms with Crippen LogP contribution in [0, 0.1) is 21.7 Å². The van der Waals surface area contributed by atoms with E-state index in [1.165, 1.54) is 12.1 Å². The van der Waals surface area contributed by atoms with Gasteiger partial charge in [-0.3, -0.25) is 10.1 Å². The van der Waals surface area contributed by atoms with Crippen molar-refractivity contribution in [3.05, 3.63) is 62.7 Å². The van der Waals surface area contributed by atoms with Crippen molar-refractivity contribution in [2.24, 2.45) is 5.73 Å². The molecule has 2 N–H and O–H groups in total. The van der Waals surface area contributed by atoms with E-state index in [2.05, 4.69) is 0 Å². The third-order valence-corrected chi connectivity index (χ3v) is 3.02. The maximum absolute atomic E-state index is 13.7. The Labute approximate surface area is 123 Å². The first-order valence-electron chi connectivity index (χ1n) is 5.72. The van der Waals surface area contributed by atoms with Crippen molar-refractivity contribution in [2.45, 2.75) is 6.54 Å². The van der Waals surface area contributed by atoms with Gasteiger partial charge in [-0.2, -0.15) is 4.39 Å². The molecule has 0 bridgehead atoms. The van der Waals surface area contributed by atoms with Crippen LogP contribution in [0.25, 0.3) is 0 Å². The van der Waals surface area contributed by atoms with Crippen molar-refractivity contribution < 1.29 is 18.4 Å². The zero-order valence-corrected chi connectivity index (χ0v) is 11.2. The minimum absolute atomic E-state index is 0.157. The van der Waals surface area contributed by atoms with Crippen molar-refractivity contribution in [1.29, 1.82) is 0 Å². The van der Waals surface area contributed by atoms with Crippen LogP contribution in [0.15, 0.2) is 30.3 Å². The van der Waals surface area contributed by atoms with Crippen LogP contribution in [-0.2, 0) is 6.54 Å². The van der Waals surface area contributed by atoms with Gasteiger partial charge in [0.15, 0.2) is 11.6 Å². The number of hydrogen-bond acceptors (Lipinski definition) is 4. The lowest BCUT2D eigenvalue weighted by Gasteiger charge is -2.09. The van der Waals surface area contributed by atoms with Gasteiger partial charge in [0, 0.05) is 17.6 Å². The number of halogens is 3. The van der Waals surface area contributed by atoms with Gasteiger partial charge in [0.1, 0.15) is 5.75 Å². The molecule has 0 atom stereocenters. The summed E-state index contributed by atoms with van der Waals surface area (Å²) in [5.41, 5.74) is 5.15. The van der Waals surface area contributed by atoms with Gasteiger partial charge in [-0.05, 0) is 17.7 Å². The van der Waals surface area contributed by atoms with Gasteiger partial charge in [0.25, 0.3) is 0 Å². The van der Waals surface area contributed by atoms with Gasteiger partial charge >= 0.3 is 5.69 Å². The molecule has 0 aromatic heterocycles. The molecular weight excluding hydrogens is 306 g/mol. The highest BCUT2D eigenvalue weighted by Gasteiger charge is 2.19. The first kappa shape index (κ1) is 15.1. The number of hydrogen-bond donors (Lipinski definition) is 1. The first-order valence-corrected chi connectivity index (χ1v) is 6.10. The molecule has 2 aromatic rings. The van der Waals surface area contributed by atoms with E-state index in [4.69, 9.17) is 22.1 Å². The van der Waals surface area contributed by atoms with Crippen LogP contribution in [0.3, 0.4) is 0 Å². The highest BCUT2D eigenvalue weighted by Crippen LogP contribution is 2.31. The monoisotopic (exact) mass is 314 g/mol. The lowest BCUT2D eigenvalue weighted by atomic mass is 10.2. The zero-order valence-electron chi connectivity index (χ0n) is 10.5. The predicted molar refractivity (Wildman–Crippen MR) is 72.4 cm³/mol. The second kappa shape index (κ2) is 6.02. The fourth-order valence-corrected chi connectivity index (χ4v) is 1.87. The number of rotatable bonds is 4. The Morgan fingerprint density at radius 3 is 2.52 bits per heavy atom. The number of nitrogens with zero attached hydrogens (tertiary/aromatic N) is 1. The van der Waals surface area contributed by atoms with E-state index in [1.807, 2.05) is 0 Å². The molecule has 0 spiro atoms. The SMILES string of the molecule is NCc1ccc(Oc2cc(F)c([N+](=O)[O-])cc2F)cc1Cl. The van der Waals surface area contributed by atoms with Crippen LogP contribution >= 0.6 is 11.6 Å². The Kier molecular flexibility index (Phi) is 4.35. The van der Waals surface area contributed by atoms with Crippen LogP contribution < -0.4 is 10.5 Å². The van der Waals surface area contributed by atoms with Crippen molar-refractivity contribution in [2.75, 3.05) is 0 Å². The summed E-state index contributed by atoms with van der Waals surface area (Å²) in [7, 11) is 0. The third kappa shape index (κ3) is 3.26. The van der Waals surface area contributed by atoms with Crippen LogP contribution in [0.2, 0.25) is 5.02 Å². The van der Waals surface area contributed by atoms with Crippen molar-refractivity contribution >= 4 is 17.3 Å². The van der Waals surface area contributed by atoms with Crippen LogP contribution in [0.5, 0.6) is 11.5 Å². The molecule has 0 heterocycles.